The van der Waals surface area contributed by atoms with Gasteiger partial charge in [-0.15, -0.1) is 5.10 Å². The maximum atomic E-state index is 13.1. The van der Waals surface area contributed by atoms with Crippen LogP contribution >= 0.6 is 12.2 Å². The first-order valence-corrected chi connectivity index (χ1v) is 3.98. The molecule has 3 nitrogen and oxygen atoms in total. The third-order valence-corrected chi connectivity index (χ3v) is 1.72. The van der Waals surface area contributed by atoms with Gasteiger partial charge in [0, 0.05) is 0 Å². The van der Waals surface area contributed by atoms with E-state index in [2.05, 4.69) is 22.4 Å². The molecule has 0 radical (unpaired) electrons. The molecule has 0 aliphatic heterocycles. The van der Waals surface area contributed by atoms with E-state index >= 15 is 0 Å². The Morgan fingerprint density at radius 3 is 2.77 bits per heavy atom. The average molecular weight is 196 g/mol. The highest BCUT2D eigenvalue weighted by molar-refractivity contribution is 7.71. The first kappa shape index (κ1) is 8.12. The van der Waals surface area contributed by atoms with Crippen LogP contribution in [0.25, 0.3) is 11.5 Å². The number of aromatic amines is 1. The minimum Gasteiger partial charge on any atom is -0.409 e. The van der Waals surface area contributed by atoms with E-state index in [9.17, 15) is 4.39 Å². The Morgan fingerprint density at radius 1 is 1.38 bits per heavy atom. The largest absolute Gasteiger partial charge is 0.409 e. The molecule has 66 valence electrons. The van der Waals surface area contributed by atoms with Gasteiger partial charge in [0.05, 0.1) is 5.56 Å². The number of hydrogen-bond donors (Lipinski definition) is 1. The van der Waals surface area contributed by atoms with E-state index < -0.39 is 0 Å². The van der Waals surface area contributed by atoms with Gasteiger partial charge in [0.25, 0.3) is 4.84 Å². The van der Waals surface area contributed by atoms with Crippen LogP contribution < -0.4 is 0 Å². The first-order valence-electron chi connectivity index (χ1n) is 3.58. The Bertz CT molecular complexity index is 477. The van der Waals surface area contributed by atoms with Crippen LogP contribution in [-0.4, -0.2) is 10.2 Å². The first-order chi connectivity index (χ1) is 6.27. The summed E-state index contributed by atoms with van der Waals surface area (Å²) in [6.45, 7) is 0. The van der Waals surface area contributed by atoms with Crippen LogP contribution in [0.1, 0.15) is 0 Å². The van der Waals surface area contributed by atoms with Gasteiger partial charge in [-0.05, 0) is 24.4 Å². The normalized spacial score (nSPS) is 10.2. The number of halogens is 1. The number of H-pyrrole nitrogens is 1. The van der Waals surface area contributed by atoms with E-state index in [1.807, 2.05) is 0 Å². The molecule has 0 unspecified atom stereocenters. The second-order valence-corrected chi connectivity index (χ2v) is 2.77. The zero-order valence-electron chi connectivity index (χ0n) is 6.45. The monoisotopic (exact) mass is 196 g/mol. The molecule has 0 spiro atoms. The molecule has 0 aliphatic carbocycles. The van der Waals surface area contributed by atoms with Gasteiger partial charge in [0.15, 0.2) is 0 Å². The minimum atomic E-state index is -0.382. The molecule has 0 saturated heterocycles. The summed E-state index contributed by atoms with van der Waals surface area (Å²) in [5.41, 5.74) is 0.301. The molecule has 0 amide bonds. The molecule has 2 aromatic rings. The van der Waals surface area contributed by atoms with E-state index in [4.69, 9.17) is 4.42 Å². The molecule has 2 rings (SSSR count). The highest BCUT2D eigenvalue weighted by Crippen LogP contribution is 2.19. The van der Waals surface area contributed by atoms with E-state index in [0.29, 0.717) is 5.56 Å². The van der Waals surface area contributed by atoms with Crippen molar-refractivity contribution in [1.29, 1.82) is 0 Å². The Morgan fingerprint density at radius 2 is 2.15 bits per heavy atom. The number of benzene rings is 1. The summed E-state index contributed by atoms with van der Waals surface area (Å²) >= 11 is 4.67. The summed E-state index contributed by atoms with van der Waals surface area (Å²) in [6.07, 6.45) is 0. The van der Waals surface area contributed by atoms with E-state index in [1.165, 1.54) is 6.07 Å². The van der Waals surface area contributed by atoms with Crippen molar-refractivity contribution in [1.82, 2.24) is 10.2 Å². The highest BCUT2D eigenvalue weighted by atomic mass is 32.1. The van der Waals surface area contributed by atoms with Gasteiger partial charge < -0.3 is 4.42 Å². The standard InChI is InChI=1S/C8H5FN2OS/c9-6-4-2-1-3-5(6)7-10-11-8(13)12-7/h1-4H,(H,11,13). The van der Waals surface area contributed by atoms with Crippen LogP contribution in [0.5, 0.6) is 0 Å². The van der Waals surface area contributed by atoms with Crippen LogP contribution in [0.15, 0.2) is 28.7 Å². The van der Waals surface area contributed by atoms with E-state index in [-0.39, 0.29) is 16.5 Å². The summed E-state index contributed by atoms with van der Waals surface area (Å²) in [7, 11) is 0. The van der Waals surface area contributed by atoms with Gasteiger partial charge >= 0.3 is 0 Å². The summed E-state index contributed by atoms with van der Waals surface area (Å²) in [4.78, 5) is 0.137. The van der Waals surface area contributed by atoms with Crippen molar-refractivity contribution in [3.05, 3.63) is 34.9 Å². The molecule has 0 atom stereocenters. The number of rotatable bonds is 1. The average Bonchev–Trinajstić information content (AvgIpc) is 2.53. The fourth-order valence-electron chi connectivity index (χ4n) is 0.980. The maximum Gasteiger partial charge on any atom is 0.284 e. The highest BCUT2D eigenvalue weighted by Gasteiger charge is 2.08. The van der Waals surface area contributed by atoms with Gasteiger partial charge in [-0.25, -0.2) is 9.49 Å². The van der Waals surface area contributed by atoms with Gasteiger partial charge in [-0.1, -0.05) is 12.1 Å². The molecule has 1 aromatic heterocycles. The lowest BCUT2D eigenvalue weighted by atomic mass is 10.2. The Hall–Kier alpha value is -1.49. The third kappa shape index (κ3) is 1.50. The molecule has 1 N–H and O–H groups in total. The molecule has 0 bridgehead atoms. The predicted octanol–water partition coefficient (Wildman–Crippen LogP) is 2.54. The van der Waals surface area contributed by atoms with Gasteiger partial charge in [0.1, 0.15) is 5.82 Å². The van der Waals surface area contributed by atoms with Crippen molar-refractivity contribution >= 4 is 12.2 Å². The molecule has 0 fully saturated rings. The topological polar surface area (TPSA) is 41.8 Å². The lowest BCUT2D eigenvalue weighted by Gasteiger charge is -1.94. The van der Waals surface area contributed by atoms with Gasteiger partial charge in [-0.2, -0.15) is 0 Å². The van der Waals surface area contributed by atoms with Crippen LogP contribution in [0, 0.1) is 10.7 Å². The van der Waals surface area contributed by atoms with Crippen LogP contribution in [0.4, 0.5) is 4.39 Å². The summed E-state index contributed by atoms with van der Waals surface area (Å²) < 4.78 is 18.1. The second-order valence-electron chi connectivity index (χ2n) is 2.40. The lowest BCUT2D eigenvalue weighted by Crippen LogP contribution is -1.82. The molecule has 0 aliphatic rings. The van der Waals surface area contributed by atoms with Crippen molar-refractivity contribution in [2.45, 2.75) is 0 Å². The number of nitrogens with zero attached hydrogens (tertiary/aromatic N) is 1. The zero-order chi connectivity index (χ0) is 9.26. The van der Waals surface area contributed by atoms with Crippen LogP contribution in [-0.2, 0) is 0 Å². The molecule has 0 saturated carbocycles. The van der Waals surface area contributed by atoms with E-state index in [0.717, 1.165) is 0 Å². The third-order valence-electron chi connectivity index (χ3n) is 1.54. The quantitative estimate of drug-likeness (QED) is 0.712. The summed E-state index contributed by atoms with van der Waals surface area (Å²) in [5.74, 6) is -0.212. The number of aromatic nitrogens is 2. The van der Waals surface area contributed by atoms with Crippen molar-refractivity contribution < 1.29 is 8.81 Å². The number of nitrogens with one attached hydrogen (secondary N) is 1. The smallest absolute Gasteiger partial charge is 0.284 e. The van der Waals surface area contributed by atoms with E-state index in [1.54, 1.807) is 18.2 Å². The fourth-order valence-corrected chi connectivity index (χ4v) is 1.10. The Balaban J connectivity index is 2.58. The minimum absolute atomic E-state index is 0.137. The Labute approximate surface area is 78.2 Å². The summed E-state index contributed by atoms with van der Waals surface area (Å²) in [6, 6.07) is 6.21. The van der Waals surface area contributed by atoms with Crippen molar-refractivity contribution in [3.8, 4) is 11.5 Å². The fraction of sp³-hybridized carbons (Fsp3) is 0. The van der Waals surface area contributed by atoms with Crippen LogP contribution in [0.2, 0.25) is 0 Å². The molecule has 1 heterocycles. The molecular formula is C8H5FN2OS. The Kier molecular flexibility index (Phi) is 1.94. The summed E-state index contributed by atoms with van der Waals surface area (Å²) in [5, 5.41) is 6.14. The van der Waals surface area contributed by atoms with Crippen LogP contribution in [0.3, 0.4) is 0 Å². The maximum absolute atomic E-state index is 13.1. The number of hydrogen-bond acceptors (Lipinski definition) is 3. The van der Waals surface area contributed by atoms with Gasteiger partial charge in [0.2, 0.25) is 5.89 Å². The second kappa shape index (κ2) is 3.10. The van der Waals surface area contributed by atoms with Crippen molar-refractivity contribution in [2.24, 2.45) is 0 Å². The molecule has 13 heavy (non-hydrogen) atoms. The predicted molar refractivity (Wildman–Crippen MR) is 47.1 cm³/mol. The van der Waals surface area contributed by atoms with Crippen molar-refractivity contribution in [2.75, 3.05) is 0 Å². The lowest BCUT2D eigenvalue weighted by molar-refractivity contribution is 0.543. The van der Waals surface area contributed by atoms with Gasteiger partial charge in [-0.3, -0.25) is 0 Å². The van der Waals surface area contributed by atoms with Crippen molar-refractivity contribution in [3.63, 3.8) is 0 Å². The molecule has 5 heteroatoms. The SMILES string of the molecule is Fc1ccccc1-c1n[nH]c(=S)o1. The molecule has 1 aromatic carbocycles. The molecular weight excluding hydrogens is 191 g/mol. The zero-order valence-corrected chi connectivity index (χ0v) is 7.27.